The third-order valence-electron chi connectivity index (χ3n) is 4.71. The summed E-state index contributed by atoms with van der Waals surface area (Å²) in [7, 11) is 3.09. The zero-order valence-corrected chi connectivity index (χ0v) is 15.0. The molecular formula is C20H20F3NO3. The second-order valence-corrected chi connectivity index (χ2v) is 6.48. The van der Waals surface area contributed by atoms with Crippen LogP contribution in [0.25, 0.3) is 0 Å². The molecule has 7 heteroatoms. The van der Waals surface area contributed by atoms with E-state index in [1.54, 1.807) is 26.4 Å². The van der Waals surface area contributed by atoms with Gasteiger partial charge in [0.15, 0.2) is 11.5 Å². The summed E-state index contributed by atoms with van der Waals surface area (Å²) in [6.45, 7) is 0.343. The van der Waals surface area contributed by atoms with Crippen molar-refractivity contribution in [2.24, 2.45) is 5.92 Å². The molecule has 2 unspecified atom stereocenters. The van der Waals surface area contributed by atoms with E-state index in [1.165, 1.54) is 12.1 Å². The molecule has 0 spiro atoms. The van der Waals surface area contributed by atoms with E-state index in [9.17, 15) is 18.0 Å². The SMILES string of the molecule is COc1ccc(CNC(=O)C2CC2c2ccc(C(F)(F)F)cc2)cc1OC. The van der Waals surface area contributed by atoms with Crippen molar-refractivity contribution in [1.82, 2.24) is 5.32 Å². The van der Waals surface area contributed by atoms with Crippen molar-refractivity contribution < 1.29 is 27.4 Å². The zero-order valence-electron chi connectivity index (χ0n) is 15.0. The van der Waals surface area contributed by atoms with Gasteiger partial charge in [0.1, 0.15) is 0 Å². The van der Waals surface area contributed by atoms with Gasteiger partial charge in [-0.15, -0.1) is 0 Å². The molecule has 2 aromatic rings. The predicted octanol–water partition coefficient (Wildman–Crippen LogP) is 4.14. The lowest BCUT2D eigenvalue weighted by atomic mass is 10.1. The van der Waals surface area contributed by atoms with Crippen LogP contribution in [0.3, 0.4) is 0 Å². The van der Waals surface area contributed by atoms with Gasteiger partial charge < -0.3 is 14.8 Å². The number of benzene rings is 2. The summed E-state index contributed by atoms with van der Waals surface area (Å²) in [4.78, 5) is 12.3. The maximum atomic E-state index is 12.6. The van der Waals surface area contributed by atoms with Crippen molar-refractivity contribution in [1.29, 1.82) is 0 Å². The van der Waals surface area contributed by atoms with Crippen molar-refractivity contribution in [2.75, 3.05) is 14.2 Å². The molecule has 2 aromatic carbocycles. The highest BCUT2D eigenvalue weighted by Crippen LogP contribution is 2.48. The molecule has 2 atom stereocenters. The van der Waals surface area contributed by atoms with E-state index in [2.05, 4.69) is 5.32 Å². The fraction of sp³-hybridized carbons (Fsp3) is 0.350. The molecule has 0 bridgehead atoms. The summed E-state index contributed by atoms with van der Waals surface area (Å²) < 4.78 is 48.3. The molecule has 144 valence electrons. The molecule has 1 aliphatic rings. The van der Waals surface area contributed by atoms with Gasteiger partial charge in [0, 0.05) is 12.5 Å². The van der Waals surface area contributed by atoms with Crippen molar-refractivity contribution in [3.05, 3.63) is 59.2 Å². The standard InChI is InChI=1S/C20H20F3NO3/c1-26-17-8-3-12(9-18(17)27-2)11-24-19(25)16-10-15(16)13-4-6-14(7-5-13)20(21,22)23/h3-9,15-16H,10-11H2,1-2H3,(H,24,25). The van der Waals surface area contributed by atoms with E-state index >= 15 is 0 Å². The molecule has 3 rings (SSSR count). The van der Waals surface area contributed by atoms with Crippen LogP contribution in [0.1, 0.15) is 29.0 Å². The van der Waals surface area contributed by atoms with Gasteiger partial charge in [0.05, 0.1) is 19.8 Å². The van der Waals surface area contributed by atoms with Gasteiger partial charge in [-0.3, -0.25) is 4.79 Å². The van der Waals surface area contributed by atoms with Crippen LogP contribution < -0.4 is 14.8 Å². The summed E-state index contributed by atoms with van der Waals surface area (Å²) in [5.41, 5.74) is 0.948. The van der Waals surface area contributed by atoms with Gasteiger partial charge in [-0.25, -0.2) is 0 Å². The smallest absolute Gasteiger partial charge is 0.416 e. The Morgan fingerprint density at radius 1 is 1.07 bits per heavy atom. The third kappa shape index (κ3) is 4.35. The number of alkyl halides is 3. The maximum Gasteiger partial charge on any atom is 0.416 e. The minimum absolute atomic E-state index is 0.0299. The molecule has 1 N–H and O–H groups in total. The Morgan fingerprint density at radius 3 is 2.33 bits per heavy atom. The van der Waals surface area contributed by atoms with Crippen molar-refractivity contribution in [2.45, 2.75) is 25.1 Å². The maximum absolute atomic E-state index is 12.6. The lowest BCUT2D eigenvalue weighted by molar-refractivity contribution is -0.137. The second kappa shape index (κ2) is 7.50. The van der Waals surface area contributed by atoms with E-state index in [0.717, 1.165) is 23.3 Å². The van der Waals surface area contributed by atoms with Crippen molar-refractivity contribution >= 4 is 5.91 Å². The van der Waals surface area contributed by atoms with Gasteiger partial charge in [0.25, 0.3) is 0 Å². The van der Waals surface area contributed by atoms with Crippen LogP contribution >= 0.6 is 0 Å². The summed E-state index contributed by atoms with van der Waals surface area (Å²) in [6.07, 6.45) is -3.71. The lowest BCUT2D eigenvalue weighted by Gasteiger charge is -2.10. The first-order valence-electron chi connectivity index (χ1n) is 8.49. The van der Waals surface area contributed by atoms with Gasteiger partial charge >= 0.3 is 6.18 Å². The summed E-state index contributed by atoms with van der Waals surface area (Å²) >= 11 is 0. The molecule has 1 fully saturated rings. The number of hydrogen-bond donors (Lipinski definition) is 1. The zero-order chi connectivity index (χ0) is 19.6. The average molecular weight is 379 g/mol. The number of nitrogens with one attached hydrogen (secondary N) is 1. The fourth-order valence-corrected chi connectivity index (χ4v) is 3.08. The summed E-state index contributed by atoms with van der Waals surface area (Å²) in [6, 6.07) is 10.4. The van der Waals surface area contributed by atoms with Crippen LogP contribution in [0.5, 0.6) is 11.5 Å². The number of methoxy groups -OCH3 is 2. The minimum Gasteiger partial charge on any atom is -0.493 e. The summed E-state index contributed by atoms with van der Waals surface area (Å²) in [5, 5.41) is 2.87. The highest BCUT2D eigenvalue weighted by atomic mass is 19.4. The van der Waals surface area contributed by atoms with E-state index < -0.39 is 11.7 Å². The van der Waals surface area contributed by atoms with E-state index in [0.29, 0.717) is 24.5 Å². The molecule has 1 saturated carbocycles. The number of ether oxygens (including phenoxy) is 2. The Labute approximate surface area is 155 Å². The van der Waals surface area contributed by atoms with Crippen LogP contribution in [0.2, 0.25) is 0 Å². The van der Waals surface area contributed by atoms with E-state index in [4.69, 9.17) is 9.47 Å². The van der Waals surface area contributed by atoms with Crippen LogP contribution in [0.4, 0.5) is 13.2 Å². The first-order chi connectivity index (χ1) is 12.8. The molecule has 1 amide bonds. The topological polar surface area (TPSA) is 47.6 Å². The monoisotopic (exact) mass is 379 g/mol. The van der Waals surface area contributed by atoms with Crippen LogP contribution in [0, 0.1) is 5.92 Å². The molecule has 0 radical (unpaired) electrons. The Morgan fingerprint density at radius 2 is 1.74 bits per heavy atom. The van der Waals surface area contributed by atoms with Crippen LogP contribution in [-0.2, 0) is 17.5 Å². The first kappa shape index (κ1) is 19.1. The third-order valence-corrected chi connectivity index (χ3v) is 4.71. The Kier molecular flexibility index (Phi) is 5.30. The van der Waals surface area contributed by atoms with Gasteiger partial charge in [-0.2, -0.15) is 13.2 Å². The highest BCUT2D eigenvalue weighted by Gasteiger charge is 2.44. The molecular weight excluding hydrogens is 359 g/mol. The minimum atomic E-state index is -4.35. The van der Waals surface area contributed by atoms with Gasteiger partial charge in [0.2, 0.25) is 5.91 Å². The quantitative estimate of drug-likeness (QED) is 0.821. The molecule has 1 aliphatic carbocycles. The van der Waals surface area contributed by atoms with E-state index in [1.807, 2.05) is 6.07 Å². The fourth-order valence-electron chi connectivity index (χ4n) is 3.08. The molecule has 0 saturated heterocycles. The molecule has 27 heavy (non-hydrogen) atoms. The summed E-state index contributed by atoms with van der Waals surface area (Å²) in [5.74, 6) is 0.852. The Balaban J connectivity index is 1.56. The van der Waals surface area contributed by atoms with Crippen LogP contribution in [-0.4, -0.2) is 20.1 Å². The van der Waals surface area contributed by atoms with Crippen LogP contribution in [0.15, 0.2) is 42.5 Å². The normalized spacial score (nSPS) is 18.7. The highest BCUT2D eigenvalue weighted by molar-refractivity contribution is 5.82. The van der Waals surface area contributed by atoms with Gasteiger partial charge in [-0.05, 0) is 47.7 Å². The van der Waals surface area contributed by atoms with Crippen molar-refractivity contribution in [3.8, 4) is 11.5 Å². The number of halogens is 3. The Bertz CT molecular complexity index is 818. The Hall–Kier alpha value is -2.70. The number of hydrogen-bond acceptors (Lipinski definition) is 3. The number of carbonyl (C=O) groups is 1. The molecule has 0 heterocycles. The van der Waals surface area contributed by atoms with Gasteiger partial charge in [-0.1, -0.05) is 18.2 Å². The number of rotatable bonds is 6. The largest absolute Gasteiger partial charge is 0.493 e. The number of carbonyl (C=O) groups excluding carboxylic acids is 1. The predicted molar refractivity (Wildman–Crippen MR) is 93.7 cm³/mol. The molecule has 0 aliphatic heterocycles. The lowest BCUT2D eigenvalue weighted by Crippen LogP contribution is -2.24. The molecule has 0 aromatic heterocycles. The number of amides is 1. The first-order valence-corrected chi connectivity index (χ1v) is 8.49. The second-order valence-electron chi connectivity index (χ2n) is 6.48. The van der Waals surface area contributed by atoms with Crippen molar-refractivity contribution in [3.63, 3.8) is 0 Å². The average Bonchev–Trinajstić information content (AvgIpc) is 3.46. The van der Waals surface area contributed by atoms with E-state index in [-0.39, 0.29) is 17.7 Å². The molecule has 4 nitrogen and oxygen atoms in total.